The van der Waals surface area contributed by atoms with Gasteiger partial charge in [-0.05, 0) is 31.9 Å². The molecule has 0 amide bonds. The fourth-order valence-electron chi connectivity index (χ4n) is 1.56. The van der Waals surface area contributed by atoms with E-state index in [4.69, 9.17) is 4.52 Å². The van der Waals surface area contributed by atoms with Gasteiger partial charge in [0.2, 0.25) is 5.58 Å². The molecule has 0 aliphatic heterocycles. The molecule has 17 heavy (non-hydrogen) atoms. The molecule has 1 aromatic carbocycles. The molecule has 0 spiro atoms. The van der Waals surface area contributed by atoms with Gasteiger partial charge < -0.3 is 4.52 Å². The lowest BCUT2D eigenvalue weighted by atomic mass is 10.1. The summed E-state index contributed by atoms with van der Waals surface area (Å²) >= 11 is 6.57. The summed E-state index contributed by atoms with van der Waals surface area (Å²) in [6.45, 7) is 0. The van der Waals surface area contributed by atoms with Crippen LogP contribution in [-0.2, 0) is 0 Å². The van der Waals surface area contributed by atoms with Crippen molar-refractivity contribution in [3.63, 3.8) is 0 Å². The van der Waals surface area contributed by atoms with Crippen LogP contribution in [0.1, 0.15) is 0 Å². The zero-order valence-corrected chi connectivity index (χ0v) is 11.6. The Labute approximate surface area is 113 Å². The number of benzene rings is 1. The fourth-order valence-corrected chi connectivity index (χ4v) is 2.58. The predicted octanol–water partition coefficient (Wildman–Crippen LogP) is 3.81. The number of halogens is 2. The first-order valence-electron chi connectivity index (χ1n) is 4.79. The molecular formula is C11H5Br2N3O. The number of nitrogens with zero attached hydrogens (tertiary/aromatic N) is 3. The Morgan fingerprint density at radius 2 is 1.76 bits per heavy atom. The van der Waals surface area contributed by atoms with Crippen molar-refractivity contribution in [3.05, 3.63) is 39.7 Å². The van der Waals surface area contributed by atoms with Crippen molar-refractivity contribution in [1.29, 1.82) is 0 Å². The van der Waals surface area contributed by atoms with Gasteiger partial charge in [-0.3, -0.25) is 0 Å². The maximum atomic E-state index is 5.25. The fraction of sp³-hybridized carbons (Fsp3) is 0. The second-order valence-corrected chi connectivity index (χ2v) is 4.82. The first-order chi connectivity index (χ1) is 8.25. The predicted molar refractivity (Wildman–Crippen MR) is 70.4 cm³/mol. The Bertz CT molecular complexity index is 682. The van der Waals surface area contributed by atoms with Crippen molar-refractivity contribution in [2.24, 2.45) is 0 Å². The van der Waals surface area contributed by atoms with Crippen LogP contribution in [0.3, 0.4) is 0 Å². The number of hydrogen-bond donors (Lipinski definition) is 0. The molecule has 6 heteroatoms. The van der Waals surface area contributed by atoms with Gasteiger partial charge >= 0.3 is 0 Å². The molecule has 0 radical (unpaired) electrons. The van der Waals surface area contributed by atoms with E-state index in [0.717, 1.165) is 5.56 Å². The largest absolute Gasteiger partial charge is 0.351 e. The molecule has 3 aromatic rings. The molecule has 84 valence electrons. The lowest BCUT2D eigenvalue weighted by Gasteiger charge is -1.96. The molecule has 4 nitrogen and oxygen atoms in total. The minimum Gasteiger partial charge on any atom is -0.351 e. The van der Waals surface area contributed by atoms with Gasteiger partial charge in [-0.2, -0.15) is 0 Å². The smallest absolute Gasteiger partial charge is 0.218 e. The second kappa shape index (κ2) is 4.19. The third kappa shape index (κ3) is 1.87. The van der Waals surface area contributed by atoms with E-state index in [9.17, 15) is 0 Å². The van der Waals surface area contributed by atoms with E-state index >= 15 is 0 Å². The molecule has 3 rings (SSSR count). The summed E-state index contributed by atoms with van der Waals surface area (Å²) < 4.78 is 6.33. The molecule has 0 aliphatic carbocycles. The average Bonchev–Trinajstić information content (AvgIpc) is 2.74. The van der Waals surface area contributed by atoms with Gasteiger partial charge in [-0.15, -0.1) is 0 Å². The van der Waals surface area contributed by atoms with Gasteiger partial charge in [-0.1, -0.05) is 35.5 Å². The summed E-state index contributed by atoms with van der Waals surface area (Å²) in [5, 5.41) is 4.04. The van der Waals surface area contributed by atoms with Crippen LogP contribution in [-0.4, -0.2) is 15.1 Å². The second-order valence-electron chi connectivity index (χ2n) is 3.36. The van der Waals surface area contributed by atoms with E-state index < -0.39 is 0 Å². The van der Waals surface area contributed by atoms with Crippen molar-refractivity contribution >= 4 is 43.0 Å². The molecule has 0 aliphatic rings. The number of fused-ring (bicyclic) bond motifs is 1. The highest BCUT2D eigenvalue weighted by Gasteiger charge is 2.15. The normalized spacial score (nSPS) is 10.9. The van der Waals surface area contributed by atoms with Crippen LogP contribution in [0.2, 0.25) is 0 Å². The number of aromatic nitrogens is 3. The molecular weight excluding hydrogens is 350 g/mol. The Balaban J connectivity index is 2.32. The van der Waals surface area contributed by atoms with Crippen molar-refractivity contribution in [2.75, 3.05) is 0 Å². The molecule has 0 unspecified atom stereocenters. The van der Waals surface area contributed by atoms with Gasteiger partial charge in [0, 0.05) is 5.56 Å². The first kappa shape index (κ1) is 10.9. The molecule has 0 fully saturated rings. The van der Waals surface area contributed by atoms with Gasteiger partial charge in [0.1, 0.15) is 11.2 Å². The van der Waals surface area contributed by atoms with Crippen molar-refractivity contribution < 1.29 is 4.52 Å². The molecule has 2 aromatic heterocycles. The Hall–Kier alpha value is -1.27. The minimum absolute atomic E-state index is 0.497. The quantitative estimate of drug-likeness (QED) is 0.492. The average molecular weight is 355 g/mol. The summed E-state index contributed by atoms with van der Waals surface area (Å²) in [6.07, 6.45) is 0. The van der Waals surface area contributed by atoms with E-state index in [1.807, 2.05) is 30.3 Å². The SMILES string of the molecule is Brc1nc(Br)c2onc(-c3ccccc3)c2n1. The summed E-state index contributed by atoms with van der Waals surface area (Å²) in [5.74, 6) is 0. The highest BCUT2D eigenvalue weighted by molar-refractivity contribution is 9.11. The summed E-state index contributed by atoms with van der Waals surface area (Å²) in [7, 11) is 0. The monoisotopic (exact) mass is 353 g/mol. The van der Waals surface area contributed by atoms with Crippen LogP contribution >= 0.6 is 31.9 Å². The standard InChI is InChI=1S/C11H5Br2N3O/c12-10-9-8(14-11(13)15-10)7(16-17-9)6-4-2-1-3-5-6/h1-5H. The van der Waals surface area contributed by atoms with Gasteiger partial charge in [0.25, 0.3) is 0 Å². The van der Waals surface area contributed by atoms with E-state index in [1.165, 1.54) is 0 Å². The number of hydrogen-bond acceptors (Lipinski definition) is 4. The zero-order chi connectivity index (χ0) is 11.8. The molecule has 2 heterocycles. The molecule has 0 saturated carbocycles. The van der Waals surface area contributed by atoms with E-state index in [1.54, 1.807) is 0 Å². The first-order valence-corrected chi connectivity index (χ1v) is 6.38. The number of rotatable bonds is 1. The van der Waals surface area contributed by atoms with Crippen LogP contribution in [0, 0.1) is 0 Å². The topological polar surface area (TPSA) is 51.8 Å². The van der Waals surface area contributed by atoms with Crippen molar-refractivity contribution in [2.45, 2.75) is 0 Å². The van der Waals surface area contributed by atoms with Gasteiger partial charge in [0.05, 0.1) is 0 Å². The molecule has 0 N–H and O–H groups in total. The van der Waals surface area contributed by atoms with Gasteiger partial charge in [-0.25, -0.2) is 9.97 Å². The van der Waals surface area contributed by atoms with Crippen LogP contribution in [0.25, 0.3) is 22.4 Å². The van der Waals surface area contributed by atoms with Crippen molar-refractivity contribution in [1.82, 2.24) is 15.1 Å². The molecule has 0 saturated heterocycles. The Kier molecular flexibility index (Phi) is 2.68. The summed E-state index contributed by atoms with van der Waals surface area (Å²) in [6, 6.07) is 9.76. The molecule has 0 bridgehead atoms. The third-order valence-corrected chi connectivity index (χ3v) is 3.19. The van der Waals surface area contributed by atoms with Crippen LogP contribution < -0.4 is 0 Å². The molecule has 0 atom stereocenters. The highest BCUT2D eigenvalue weighted by atomic mass is 79.9. The highest BCUT2D eigenvalue weighted by Crippen LogP contribution is 2.30. The minimum atomic E-state index is 0.497. The maximum absolute atomic E-state index is 5.25. The van der Waals surface area contributed by atoms with E-state index in [0.29, 0.717) is 26.1 Å². The zero-order valence-electron chi connectivity index (χ0n) is 8.39. The van der Waals surface area contributed by atoms with E-state index in [2.05, 4.69) is 47.0 Å². The van der Waals surface area contributed by atoms with Gasteiger partial charge in [0.15, 0.2) is 9.34 Å². The maximum Gasteiger partial charge on any atom is 0.218 e. The summed E-state index contributed by atoms with van der Waals surface area (Å²) in [4.78, 5) is 8.39. The van der Waals surface area contributed by atoms with Crippen molar-refractivity contribution in [3.8, 4) is 11.3 Å². The summed E-state index contributed by atoms with van der Waals surface area (Å²) in [5.41, 5.74) is 2.91. The lowest BCUT2D eigenvalue weighted by molar-refractivity contribution is 0.457. The van der Waals surface area contributed by atoms with Crippen LogP contribution in [0.4, 0.5) is 0 Å². The Morgan fingerprint density at radius 3 is 2.53 bits per heavy atom. The Morgan fingerprint density at radius 1 is 1.00 bits per heavy atom. The lowest BCUT2D eigenvalue weighted by Crippen LogP contribution is -1.86. The van der Waals surface area contributed by atoms with E-state index in [-0.39, 0.29) is 0 Å². The van der Waals surface area contributed by atoms with Crippen LogP contribution in [0.5, 0.6) is 0 Å². The van der Waals surface area contributed by atoms with Crippen LogP contribution in [0.15, 0.2) is 44.2 Å². The third-order valence-electron chi connectivity index (χ3n) is 2.30.